The number of rotatable bonds is 7. The van der Waals surface area contributed by atoms with E-state index < -0.39 is 0 Å². The van der Waals surface area contributed by atoms with Crippen molar-refractivity contribution in [1.82, 2.24) is 9.88 Å². The first-order valence-electron chi connectivity index (χ1n) is 6.42. The molecule has 1 amide bonds. The minimum Gasteiger partial charge on any atom is -0.497 e. The summed E-state index contributed by atoms with van der Waals surface area (Å²) < 4.78 is 12.4. The zero-order valence-corrected chi connectivity index (χ0v) is 11.4. The van der Waals surface area contributed by atoms with Crippen LogP contribution in [0, 0.1) is 0 Å². The molecule has 0 radical (unpaired) electrons. The van der Waals surface area contributed by atoms with Crippen LogP contribution >= 0.6 is 0 Å². The summed E-state index contributed by atoms with van der Waals surface area (Å²) in [5.74, 6) is 1.52. The SMILES string of the molecule is COc1ccc(OCCNC(=O)Cn2cccc2)cc1. The molecule has 0 atom stereocenters. The van der Waals surface area contributed by atoms with Crippen LogP contribution in [0.2, 0.25) is 0 Å². The third-order valence-corrected chi connectivity index (χ3v) is 2.74. The molecule has 2 aromatic rings. The van der Waals surface area contributed by atoms with Gasteiger partial charge in [-0.2, -0.15) is 0 Å². The van der Waals surface area contributed by atoms with Gasteiger partial charge in [0.05, 0.1) is 13.7 Å². The molecule has 0 aliphatic rings. The highest BCUT2D eigenvalue weighted by atomic mass is 16.5. The van der Waals surface area contributed by atoms with Crippen LogP contribution in [0.5, 0.6) is 11.5 Å². The van der Waals surface area contributed by atoms with Crippen LogP contribution in [0.4, 0.5) is 0 Å². The smallest absolute Gasteiger partial charge is 0.240 e. The highest BCUT2D eigenvalue weighted by molar-refractivity contribution is 5.75. The molecule has 5 nitrogen and oxygen atoms in total. The van der Waals surface area contributed by atoms with Crippen LogP contribution in [0.25, 0.3) is 0 Å². The molecule has 0 spiro atoms. The lowest BCUT2D eigenvalue weighted by molar-refractivity contribution is -0.121. The number of hydrogen-bond donors (Lipinski definition) is 1. The van der Waals surface area contributed by atoms with Crippen LogP contribution < -0.4 is 14.8 Å². The summed E-state index contributed by atoms with van der Waals surface area (Å²) in [6.45, 7) is 1.24. The summed E-state index contributed by atoms with van der Waals surface area (Å²) in [7, 11) is 1.62. The Morgan fingerprint density at radius 1 is 1.15 bits per heavy atom. The fourth-order valence-corrected chi connectivity index (χ4v) is 1.73. The second-order valence-electron chi connectivity index (χ2n) is 4.23. The number of nitrogens with zero attached hydrogens (tertiary/aromatic N) is 1. The number of carbonyl (C=O) groups excluding carboxylic acids is 1. The van der Waals surface area contributed by atoms with Crippen molar-refractivity contribution < 1.29 is 14.3 Å². The van der Waals surface area contributed by atoms with Gasteiger partial charge in [-0.25, -0.2) is 0 Å². The van der Waals surface area contributed by atoms with Gasteiger partial charge in [-0.3, -0.25) is 4.79 Å². The van der Waals surface area contributed by atoms with Gasteiger partial charge >= 0.3 is 0 Å². The fourth-order valence-electron chi connectivity index (χ4n) is 1.73. The Morgan fingerprint density at radius 3 is 2.45 bits per heavy atom. The van der Waals surface area contributed by atoms with Crippen LogP contribution in [-0.2, 0) is 11.3 Å². The molecule has 0 aliphatic heterocycles. The first-order chi connectivity index (χ1) is 9.78. The van der Waals surface area contributed by atoms with Crippen molar-refractivity contribution in [3.05, 3.63) is 48.8 Å². The molecule has 0 saturated carbocycles. The summed E-state index contributed by atoms with van der Waals surface area (Å²) in [4.78, 5) is 11.6. The number of amides is 1. The molecule has 2 rings (SSSR count). The molecular formula is C15H18N2O3. The Balaban J connectivity index is 1.64. The van der Waals surface area contributed by atoms with E-state index >= 15 is 0 Å². The van der Waals surface area contributed by atoms with Gasteiger partial charge in [-0.1, -0.05) is 0 Å². The molecule has 20 heavy (non-hydrogen) atoms. The first kappa shape index (κ1) is 14.0. The number of nitrogens with one attached hydrogen (secondary N) is 1. The number of carbonyl (C=O) groups is 1. The van der Waals surface area contributed by atoms with Crippen molar-refractivity contribution in [1.29, 1.82) is 0 Å². The van der Waals surface area contributed by atoms with Gasteiger partial charge in [-0.05, 0) is 36.4 Å². The van der Waals surface area contributed by atoms with E-state index in [9.17, 15) is 4.79 Å². The van der Waals surface area contributed by atoms with Crippen molar-refractivity contribution in [2.24, 2.45) is 0 Å². The second kappa shape index (κ2) is 7.23. The minimum absolute atomic E-state index is 0.0282. The molecule has 5 heteroatoms. The van der Waals surface area contributed by atoms with Gasteiger partial charge < -0.3 is 19.4 Å². The van der Waals surface area contributed by atoms with E-state index in [4.69, 9.17) is 9.47 Å². The summed E-state index contributed by atoms with van der Waals surface area (Å²) in [6.07, 6.45) is 3.71. The van der Waals surface area contributed by atoms with Crippen LogP contribution in [0.15, 0.2) is 48.8 Å². The Morgan fingerprint density at radius 2 is 1.80 bits per heavy atom. The molecule has 0 saturated heterocycles. The third-order valence-electron chi connectivity index (χ3n) is 2.74. The van der Waals surface area contributed by atoms with Crippen molar-refractivity contribution in [3.8, 4) is 11.5 Å². The number of aromatic nitrogens is 1. The molecule has 106 valence electrons. The van der Waals surface area contributed by atoms with E-state index in [0.717, 1.165) is 11.5 Å². The van der Waals surface area contributed by atoms with E-state index in [0.29, 0.717) is 19.7 Å². The molecular weight excluding hydrogens is 256 g/mol. The average molecular weight is 274 g/mol. The van der Waals surface area contributed by atoms with Gasteiger partial charge in [-0.15, -0.1) is 0 Å². The van der Waals surface area contributed by atoms with Gasteiger partial charge in [0, 0.05) is 12.4 Å². The zero-order valence-electron chi connectivity index (χ0n) is 11.4. The number of benzene rings is 1. The lowest BCUT2D eigenvalue weighted by Gasteiger charge is -2.08. The van der Waals surface area contributed by atoms with Gasteiger partial charge in [0.2, 0.25) is 5.91 Å². The maximum atomic E-state index is 11.6. The molecule has 1 heterocycles. The van der Waals surface area contributed by atoms with Crippen LogP contribution in [0.3, 0.4) is 0 Å². The predicted molar refractivity (Wildman–Crippen MR) is 75.9 cm³/mol. The normalized spacial score (nSPS) is 10.1. The molecule has 0 fully saturated rings. The fraction of sp³-hybridized carbons (Fsp3) is 0.267. The monoisotopic (exact) mass is 274 g/mol. The van der Waals surface area contributed by atoms with Gasteiger partial charge in [0.1, 0.15) is 24.7 Å². The molecule has 0 unspecified atom stereocenters. The summed E-state index contributed by atoms with van der Waals surface area (Å²) in [5.41, 5.74) is 0. The quantitative estimate of drug-likeness (QED) is 0.782. The Kier molecular flexibility index (Phi) is 5.06. The highest BCUT2D eigenvalue weighted by Gasteiger charge is 2.01. The number of methoxy groups -OCH3 is 1. The van der Waals surface area contributed by atoms with Crippen molar-refractivity contribution in [3.63, 3.8) is 0 Å². The summed E-state index contributed by atoms with van der Waals surface area (Å²) in [6, 6.07) is 11.1. The second-order valence-corrected chi connectivity index (χ2v) is 4.23. The summed E-state index contributed by atoms with van der Waals surface area (Å²) in [5, 5.41) is 2.80. The maximum Gasteiger partial charge on any atom is 0.240 e. The van der Waals surface area contributed by atoms with Gasteiger partial charge in [0.25, 0.3) is 0 Å². The maximum absolute atomic E-state index is 11.6. The molecule has 0 aliphatic carbocycles. The van der Waals surface area contributed by atoms with E-state index in [1.807, 2.05) is 53.4 Å². The van der Waals surface area contributed by atoms with Crippen molar-refractivity contribution >= 4 is 5.91 Å². The Hall–Kier alpha value is -2.43. The van der Waals surface area contributed by atoms with E-state index in [2.05, 4.69) is 5.32 Å². The third kappa shape index (κ3) is 4.35. The topological polar surface area (TPSA) is 52.5 Å². The lowest BCUT2D eigenvalue weighted by atomic mass is 10.3. The average Bonchev–Trinajstić information content (AvgIpc) is 2.97. The van der Waals surface area contributed by atoms with Crippen molar-refractivity contribution in [2.45, 2.75) is 6.54 Å². The number of hydrogen-bond acceptors (Lipinski definition) is 3. The van der Waals surface area contributed by atoms with E-state index in [1.165, 1.54) is 0 Å². The minimum atomic E-state index is -0.0282. The Bertz CT molecular complexity index is 521. The standard InChI is InChI=1S/C15H18N2O3/c1-19-13-4-6-14(7-5-13)20-11-8-16-15(18)12-17-9-2-3-10-17/h2-7,9-10H,8,11-12H2,1H3,(H,16,18). The molecule has 1 aromatic carbocycles. The predicted octanol–water partition coefficient (Wildman–Crippen LogP) is 1.69. The van der Waals surface area contributed by atoms with E-state index in [-0.39, 0.29) is 5.91 Å². The summed E-state index contributed by atoms with van der Waals surface area (Å²) >= 11 is 0. The van der Waals surface area contributed by atoms with E-state index in [1.54, 1.807) is 7.11 Å². The van der Waals surface area contributed by atoms with Crippen LogP contribution in [0.1, 0.15) is 0 Å². The largest absolute Gasteiger partial charge is 0.497 e. The first-order valence-corrected chi connectivity index (χ1v) is 6.42. The molecule has 1 aromatic heterocycles. The van der Waals surface area contributed by atoms with Crippen molar-refractivity contribution in [2.75, 3.05) is 20.3 Å². The highest BCUT2D eigenvalue weighted by Crippen LogP contribution is 2.16. The number of ether oxygens (including phenoxy) is 2. The zero-order chi connectivity index (χ0) is 14.2. The lowest BCUT2D eigenvalue weighted by Crippen LogP contribution is -2.30. The van der Waals surface area contributed by atoms with Crippen LogP contribution in [-0.4, -0.2) is 30.7 Å². The Labute approximate surface area is 118 Å². The van der Waals surface area contributed by atoms with Gasteiger partial charge in [0.15, 0.2) is 0 Å². The molecule has 0 bridgehead atoms. The molecule has 1 N–H and O–H groups in total.